The fourth-order valence-corrected chi connectivity index (χ4v) is 3.77. The highest BCUT2D eigenvalue weighted by molar-refractivity contribution is 7.98. The maximum absolute atomic E-state index is 12.7. The largest absolute Gasteiger partial charge is 0.351 e. The van der Waals surface area contributed by atoms with Crippen molar-refractivity contribution < 1.29 is 14.5 Å². The predicted octanol–water partition coefficient (Wildman–Crippen LogP) is 2.11. The number of halogens is 1. The van der Waals surface area contributed by atoms with E-state index in [1.807, 2.05) is 6.26 Å². The van der Waals surface area contributed by atoms with Gasteiger partial charge in [0.15, 0.2) is 0 Å². The fraction of sp³-hybridized carbons (Fsp3) is 0.556. The summed E-state index contributed by atoms with van der Waals surface area (Å²) in [6.45, 7) is 0.528. The molecule has 1 aliphatic carbocycles. The molecule has 28 heavy (non-hydrogen) atoms. The van der Waals surface area contributed by atoms with E-state index in [0.29, 0.717) is 18.7 Å². The average Bonchev–Trinajstić information content (AvgIpc) is 3.11. The number of nitrogens with one attached hydrogen (secondary N) is 2. The van der Waals surface area contributed by atoms with Crippen LogP contribution in [-0.2, 0) is 4.79 Å². The average molecular weight is 431 g/mol. The standard InChI is InChI=1S/C18H26N4O4S.ClH/c1-27-9-8-16(18(24)20-15-7-3-5-13(15)11-19)21-17(23)12-4-2-6-14(10-12)22(25)26;/h2,4,6,10,13,15-16H,3,5,7-9,11,19H2,1H3,(H,20,24)(H,21,23);1H. The Labute approximate surface area is 174 Å². The molecule has 1 aromatic carbocycles. The van der Waals surface area contributed by atoms with Crippen LogP contribution in [0.1, 0.15) is 36.0 Å². The van der Waals surface area contributed by atoms with Crippen LogP contribution in [0.3, 0.4) is 0 Å². The zero-order valence-electron chi connectivity index (χ0n) is 15.8. The Morgan fingerprint density at radius 3 is 2.79 bits per heavy atom. The molecule has 2 amide bonds. The van der Waals surface area contributed by atoms with Gasteiger partial charge in [0.05, 0.1) is 4.92 Å². The second-order valence-corrected chi connectivity index (χ2v) is 7.64. The summed E-state index contributed by atoms with van der Waals surface area (Å²) in [5, 5.41) is 16.6. The number of rotatable bonds is 9. The van der Waals surface area contributed by atoms with Crippen LogP contribution in [0.4, 0.5) is 5.69 Å². The molecular weight excluding hydrogens is 404 g/mol. The Morgan fingerprint density at radius 2 is 2.14 bits per heavy atom. The Balaban J connectivity index is 0.00000392. The van der Waals surface area contributed by atoms with Gasteiger partial charge in [0, 0.05) is 23.7 Å². The number of benzene rings is 1. The zero-order valence-corrected chi connectivity index (χ0v) is 17.4. The molecule has 1 fully saturated rings. The number of carbonyl (C=O) groups is 2. The quantitative estimate of drug-likeness (QED) is 0.406. The normalized spacial score (nSPS) is 19.4. The van der Waals surface area contributed by atoms with E-state index in [2.05, 4.69) is 10.6 Å². The molecule has 0 aliphatic heterocycles. The molecule has 0 radical (unpaired) electrons. The SMILES string of the molecule is CSCCC(NC(=O)c1cccc([N+](=O)[O-])c1)C(=O)NC1CCCC1CN.Cl. The molecule has 0 saturated heterocycles. The number of hydrogen-bond donors (Lipinski definition) is 3. The minimum Gasteiger partial charge on any atom is -0.351 e. The lowest BCUT2D eigenvalue weighted by atomic mass is 10.0. The first-order valence-electron chi connectivity index (χ1n) is 9.01. The molecular formula is C18H27ClN4O4S. The lowest BCUT2D eigenvalue weighted by Crippen LogP contribution is -2.51. The van der Waals surface area contributed by atoms with Gasteiger partial charge < -0.3 is 16.4 Å². The second kappa shape index (κ2) is 11.9. The van der Waals surface area contributed by atoms with Gasteiger partial charge in [-0.15, -0.1) is 12.4 Å². The lowest BCUT2D eigenvalue weighted by molar-refractivity contribution is -0.384. The molecule has 0 aromatic heterocycles. The van der Waals surface area contributed by atoms with Crippen molar-refractivity contribution in [3.63, 3.8) is 0 Å². The van der Waals surface area contributed by atoms with E-state index in [9.17, 15) is 19.7 Å². The number of hydrogen-bond acceptors (Lipinski definition) is 6. The van der Waals surface area contributed by atoms with Crippen LogP contribution in [0.15, 0.2) is 24.3 Å². The van der Waals surface area contributed by atoms with E-state index >= 15 is 0 Å². The zero-order chi connectivity index (χ0) is 19.8. The maximum atomic E-state index is 12.7. The predicted molar refractivity (Wildman–Crippen MR) is 113 cm³/mol. The molecule has 8 nitrogen and oxygen atoms in total. The third kappa shape index (κ3) is 6.65. The van der Waals surface area contributed by atoms with Crippen LogP contribution in [0, 0.1) is 16.0 Å². The molecule has 4 N–H and O–H groups in total. The first kappa shape index (κ1) is 24.2. The van der Waals surface area contributed by atoms with Crippen molar-refractivity contribution in [3.05, 3.63) is 39.9 Å². The maximum Gasteiger partial charge on any atom is 0.270 e. The number of carbonyl (C=O) groups excluding carboxylic acids is 2. The van der Waals surface area contributed by atoms with Crippen molar-refractivity contribution in [2.24, 2.45) is 11.7 Å². The van der Waals surface area contributed by atoms with Gasteiger partial charge in [-0.1, -0.05) is 12.5 Å². The third-order valence-electron chi connectivity index (χ3n) is 4.84. The molecule has 156 valence electrons. The molecule has 10 heteroatoms. The van der Waals surface area contributed by atoms with E-state index < -0.39 is 16.9 Å². The minimum absolute atomic E-state index is 0. The highest BCUT2D eigenvalue weighted by Crippen LogP contribution is 2.24. The van der Waals surface area contributed by atoms with Crippen LogP contribution in [0.25, 0.3) is 0 Å². The van der Waals surface area contributed by atoms with Crippen molar-refractivity contribution >= 4 is 41.7 Å². The summed E-state index contributed by atoms with van der Waals surface area (Å²) in [5.41, 5.74) is 5.77. The molecule has 1 aromatic rings. The van der Waals surface area contributed by atoms with Crippen LogP contribution in [0.2, 0.25) is 0 Å². The molecule has 0 bridgehead atoms. The van der Waals surface area contributed by atoms with Crippen molar-refractivity contribution in [1.82, 2.24) is 10.6 Å². The van der Waals surface area contributed by atoms with Gasteiger partial charge in [-0.05, 0) is 49.8 Å². The molecule has 3 atom stereocenters. The molecule has 3 unspecified atom stereocenters. The Hall–Kier alpha value is -1.84. The summed E-state index contributed by atoms with van der Waals surface area (Å²) in [4.78, 5) is 35.6. The van der Waals surface area contributed by atoms with Crippen molar-refractivity contribution in [2.45, 2.75) is 37.8 Å². The number of amides is 2. The van der Waals surface area contributed by atoms with Crippen molar-refractivity contribution in [2.75, 3.05) is 18.6 Å². The summed E-state index contributed by atoms with van der Waals surface area (Å²) in [5.74, 6) is 0.246. The molecule has 1 aliphatic rings. The number of nitro benzene ring substituents is 1. The summed E-state index contributed by atoms with van der Waals surface area (Å²) in [7, 11) is 0. The van der Waals surface area contributed by atoms with Gasteiger partial charge in [0.25, 0.3) is 11.6 Å². The van der Waals surface area contributed by atoms with Gasteiger partial charge in [-0.3, -0.25) is 19.7 Å². The van der Waals surface area contributed by atoms with E-state index in [-0.39, 0.29) is 41.5 Å². The van der Waals surface area contributed by atoms with E-state index in [1.54, 1.807) is 11.8 Å². The number of nitrogens with two attached hydrogens (primary N) is 1. The van der Waals surface area contributed by atoms with Gasteiger partial charge in [-0.2, -0.15) is 11.8 Å². The smallest absolute Gasteiger partial charge is 0.270 e. The van der Waals surface area contributed by atoms with Crippen LogP contribution in [-0.4, -0.2) is 47.4 Å². The van der Waals surface area contributed by atoms with Crippen molar-refractivity contribution in [3.8, 4) is 0 Å². The van der Waals surface area contributed by atoms with Gasteiger partial charge in [-0.25, -0.2) is 0 Å². The Kier molecular flexibility index (Phi) is 10.3. The second-order valence-electron chi connectivity index (χ2n) is 6.66. The fourth-order valence-electron chi connectivity index (χ4n) is 3.30. The Morgan fingerprint density at radius 1 is 1.39 bits per heavy atom. The Bertz CT molecular complexity index is 691. The van der Waals surface area contributed by atoms with Crippen LogP contribution in [0.5, 0.6) is 0 Å². The summed E-state index contributed by atoms with van der Waals surface area (Å²) < 4.78 is 0. The summed E-state index contributed by atoms with van der Waals surface area (Å²) in [6.07, 6.45) is 5.33. The molecule has 0 heterocycles. The topological polar surface area (TPSA) is 127 Å². The van der Waals surface area contributed by atoms with Gasteiger partial charge in [0.1, 0.15) is 6.04 Å². The molecule has 2 rings (SSSR count). The summed E-state index contributed by atoms with van der Waals surface area (Å²) in [6, 6.07) is 4.82. The first-order chi connectivity index (χ1) is 13.0. The lowest BCUT2D eigenvalue weighted by Gasteiger charge is -2.24. The van der Waals surface area contributed by atoms with Gasteiger partial charge >= 0.3 is 0 Å². The summed E-state index contributed by atoms with van der Waals surface area (Å²) >= 11 is 1.58. The molecule has 1 saturated carbocycles. The number of thioether (sulfide) groups is 1. The highest BCUT2D eigenvalue weighted by Gasteiger charge is 2.30. The molecule has 0 spiro atoms. The monoisotopic (exact) mass is 430 g/mol. The number of nitrogens with zero attached hydrogens (tertiary/aromatic N) is 1. The van der Waals surface area contributed by atoms with E-state index in [1.165, 1.54) is 24.3 Å². The number of nitro groups is 1. The van der Waals surface area contributed by atoms with Crippen LogP contribution >= 0.6 is 24.2 Å². The first-order valence-corrected chi connectivity index (χ1v) is 10.4. The highest BCUT2D eigenvalue weighted by atomic mass is 35.5. The van der Waals surface area contributed by atoms with Crippen LogP contribution < -0.4 is 16.4 Å². The minimum atomic E-state index is -0.691. The van der Waals surface area contributed by atoms with Gasteiger partial charge in [0.2, 0.25) is 5.91 Å². The van der Waals surface area contributed by atoms with E-state index in [0.717, 1.165) is 19.3 Å². The van der Waals surface area contributed by atoms with E-state index in [4.69, 9.17) is 5.73 Å². The number of non-ortho nitro benzene ring substituents is 1. The third-order valence-corrected chi connectivity index (χ3v) is 5.49. The van der Waals surface area contributed by atoms with Crippen molar-refractivity contribution in [1.29, 1.82) is 0 Å².